The maximum atomic E-state index is 14.8. The van der Waals surface area contributed by atoms with Gasteiger partial charge < -0.3 is 19.7 Å². The number of rotatable bonds is 12. The average Bonchev–Trinajstić information content (AvgIpc) is 3.13. The third-order valence-corrected chi connectivity index (χ3v) is 11.0. The molecule has 4 aromatic rings. The van der Waals surface area contributed by atoms with E-state index in [9.17, 15) is 18.0 Å². The van der Waals surface area contributed by atoms with Crippen LogP contribution in [-0.4, -0.2) is 57.0 Å². The van der Waals surface area contributed by atoms with Gasteiger partial charge in [-0.1, -0.05) is 91.5 Å². The van der Waals surface area contributed by atoms with Gasteiger partial charge in [-0.15, -0.1) is 0 Å². The highest BCUT2D eigenvalue weighted by molar-refractivity contribution is 7.92. The zero-order valence-corrected chi connectivity index (χ0v) is 28.7. The molecule has 2 aliphatic rings. The molecule has 1 fully saturated rings. The van der Waals surface area contributed by atoms with E-state index in [2.05, 4.69) is 5.32 Å². The summed E-state index contributed by atoms with van der Waals surface area (Å²) < 4.78 is 41.1. The minimum atomic E-state index is -4.24. The lowest BCUT2D eigenvalue weighted by molar-refractivity contribution is -0.140. The van der Waals surface area contributed by atoms with Crippen LogP contribution in [0.5, 0.6) is 11.5 Å². The van der Waals surface area contributed by atoms with E-state index < -0.39 is 28.5 Å². The highest BCUT2D eigenvalue weighted by atomic mass is 35.5. The minimum absolute atomic E-state index is 0.0136. The molecule has 0 unspecified atom stereocenters. The molecule has 256 valence electrons. The Balaban J connectivity index is 1.40. The third-order valence-electron chi connectivity index (χ3n) is 8.91. The Morgan fingerprint density at radius 1 is 0.796 bits per heavy atom. The molecule has 1 aliphatic heterocycles. The number of nitrogens with one attached hydrogen (secondary N) is 1. The summed E-state index contributed by atoms with van der Waals surface area (Å²) in [5.74, 6) is 0.0697. The predicted octanol–water partition coefficient (Wildman–Crippen LogP) is 6.40. The molecule has 0 spiro atoms. The number of ether oxygens (including phenoxy) is 2. The molecule has 2 amide bonds. The maximum Gasteiger partial charge on any atom is 0.264 e. The molecule has 6 rings (SSSR count). The Morgan fingerprint density at radius 2 is 1.45 bits per heavy atom. The van der Waals surface area contributed by atoms with E-state index in [0.29, 0.717) is 29.7 Å². The number of benzene rings is 4. The van der Waals surface area contributed by atoms with Crippen molar-refractivity contribution in [3.8, 4) is 11.5 Å². The largest absolute Gasteiger partial charge is 0.486 e. The zero-order valence-electron chi connectivity index (χ0n) is 27.2. The first-order valence-corrected chi connectivity index (χ1v) is 18.5. The van der Waals surface area contributed by atoms with Gasteiger partial charge in [0.25, 0.3) is 10.0 Å². The average molecular weight is 702 g/mol. The van der Waals surface area contributed by atoms with Gasteiger partial charge in [0.1, 0.15) is 25.8 Å². The summed E-state index contributed by atoms with van der Waals surface area (Å²) in [6, 6.07) is 28.5. The summed E-state index contributed by atoms with van der Waals surface area (Å²) in [6.07, 6.45) is 5.19. The van der Waals surface area contributed by atoms with E-state index in [0.717, 1.165) is 47.5 Å². The molecular formula is C38H40ClN3O6S. The standard InChI is InChI=1S/C38H40ClN3O6S/c39-30-18-16-29(17-19-30)26-41(34(24-28-10-4-1-5-11-28)38(44)40-31-12-6-2-7-13-31)37(43)27-42(49(45,46)33-14-8-3-9-15-33)32-20-21-35-36(25-32)48-23-22-47-35/h1,3-5,8-11,14-21,25,31,34H,2,6-7,12-13,22-24,26-27H2,(H,40,44)/t34-/m1/s1. The minimum Gasteiger partial charge on any atom is -0.486 e. The number of hydrogen-bond donors (Lipinski definition) is 1. The van der Waals surface area contributed by atoms with Crippen molar-refractivity contribution in [3.63, 3.8) is 0 Å². The van der Waals surface area contributed by atoms with Crippen molar-refractivity contribution in [1.29, 1.82) is 0 Å². The third kappa shape index (κ3) is 8.55. The zero-order chi connectivity index (χ0) is 34.2. The number of halogens is 1. The first-order valence-electron chi connectivity index (χ1n) is 16.6. The molecule has 0 bridgehead atoms. The Bertz CT molecular complexity index is 1830. The molecule has 11 heteroatoms. The number of nitrogens with zero attached hydrogens (tertiary/aromatic N) is 2. The van der Waals surface area contributed by atoms with Crippen molar-refractivity contribution >= 4 is 39.1 Å². The molecule has 0 radical (unpaired) electrons. The van der Waals surface area contributed by atoms with Gasteiger partial charge in [0, 0.05) is 30.1 Å². The highest BCUT2D eigenvalue weighted by Gasteiger charge is 2.36. The summed E-state index contributed by atoms with van der Waals surface area (Å²) in [7, 11) is -4.24. The van der Waals surface area contributed by atoms with E-state index in [1.54, 1.807) is 60.7 Å². The SMILES string of the molecule is O=C(NC1CCCCC1)[C@@H](Cc1ccccc1)N(Cc1ccc(Cl)cc1)C(=O)CN(c1ccc2c(c1)OCCO2)S(=O)(=O)c1ccccc1. The van der Waals surface area contributed by atoms with Gasteiger partial charge in [-0.3, -0.25) is 13.9 Å². The van der Waals surface area contributed by atoms with Gasteiger partial charge >= 0.3 is 0 Å². The fourth-order valence-electron chi connectivity index (χ4n) is 6.32. The second kappa shape index (κ2) is 15.8. The van der Waals surface area contributed by atoms with E-state index in [4.69, 9.17) is 21.1 Å². The van der Waals surface area contributed by atoms with Crippen molar-refractivity contribution in [1.82, 2.24) is 10.2 Å². The van der Waals surface area contributed by atoms with E-state index in [1.807, 2.05) is 30.3 Å². The molecule has 4 aromatic carbocycles. The molecule has 1 aliphatic carbocycles. The number of hydrogen-bond acceptors (Lipinski definition) is 6. The van der Waals surface area contributed by atoms with Crippen molar-refractivity contribution in [2.24, 2.45) is 0 Å². The molecule has 1 atom stereocenters. The predicted molar refractivity (Wildman–Crippen MR) is 189 cm³/mol. The van der Waals surface area contributed by atoms with Crippen LogP contribution in [-0.2, 0) is 32.6 Å². The van der Waals surface area contributed by atoms with E-state index in [1.165, 1.54) is 17.0 Å². The maximum absolute atomic E-state index is 14.8. The summed E-state index contributed by atoms with van der Waals surface area (Å²) >= 11 is 6.20. The van der Waals surface area contributed by atoms with Crippen LogP contribution in [0.1, 0.15) is 43.2 Å². The van der Waals surface area contributed by atoms with Gasteiger partial charge in [0.2, 0.25) is 11.8 Å². The lowest BCUT2D eigenvalue weighted by Crippen LogP contribution is -2.55. The quantitative estimate of drug-likeness (QED) is 0.184. The Hall–Kier alpha value is -4.54. The summed E-state index contributed by atoms with van der Waals surface area (Å²) in [6.45, 7) is 0.188. The Labute approximate surface area is 292 Å². The number of sulfonamides is 1. The molecule has 9 nitrogen and oxygen atoms in total. The van der Waals surface area contributed by atoms with E-state index in [-0.39, 0.29) is 35.5 Å². The van der Waals surface area contributed by atoms with Crippen molar-refractivity contribution < 1.29 is 27.5 Å². The van der Waals surface area contributed by atoms with Gasteiger partial charge in [0.05, 0.1) is 10.6 Å². The monoisotopic (exact) mass is 701 g/mol. The van der Waals surface area contributed by atoms with Crippen LogP contribution in [0.4, 0.5) is 5.69 Å². The van der Waals surface area contributed by atoms with Gasteiger partial charge in [-0.2, -0.15) is 0 Å². The van der Waals surface area contributed by atoms with E-state index >= 15 is 0 Å². The van der Waals surface area contributed by atoms with Crippen LogP contribution in [0, 0.1) is 0 Å². The number of carbonyl (C=O) groups is 2. The number of anilines is 1. The normalized spacial score (nSPS) is 15.2. The first-order chi connectivity index (χ1) is 23.8. The fraction of sp³-hybridized carbons (Fsp3) is 0.316. The Morgan fingerprint density at radius 3 is 2.14 bits per heavy atom. The van der Waals surface area contributed by atoms with Crippen molar-refractivity contribution in [2.45, 2.75) is 62.0 Å². The number of fused-ring (bicyclic) bond motifs is 1. The molecule has 1 saturated carbocycles. The van der Waals surface area contributed by atoms with Crippen LogP contribution in [0.3, 0.4) is 0 Å². The molecule has 1 N–H and O–H groups in total. The lowest BCUT2D eigenvalue weighted by Gasteiger charge is -2.35. The summed E-state index contributed by atoms with van der Waals surface area (Å²) in [5.41, 5.74) is 1.86. The fourth-order valence-corrected chi connectivity index (χ4v) is 7.87. The second-order valence-electron chi connectivity index (χ2n) is 12.3. The lowest BCUT2D eigenvalue weighted by atomic mass is 9.94. The first kappa shape index (κ1) is 34.3. The molecule has 1 heterocycles. The van der Waals surface area contributed by atoms with Crippen molar-refractivity contribution in [2.75, 3.05) is 24.1 Å². The van der Waals surface area contributed by atoms with Gasteiger partial charge in [-0.25, -0.2) is 8.42 Å². The van der Waals surface area contributed by atoms with Crippen LogP contribution >= 0.6 is 11.6 Å². The summed E-state index contributed by atoms with van der Waals surface area (Å²) in [5, 5.41) is 3.77. The summed E-state index contributed by atoms with van der Waals surface area (Å²) in [4.78, 5) is 30.5. The molecular weight excluding hydrogens is 662 g/mol. The van der Waals surface area contributed by atoms with Gasteiger partial charge in [0.15, 0.2) is 11.5 Å². The van der Waals surface area contributed by atoms with Crippen LogP contribution in [0.15, 0.2) is 108 Å². The van der Waals surface area contributed by atoms with Crippen molar-refractivity contribution in [3.05, 3.63) is 119 Å². The molecule has 0 aromatic heterocycles. The smallest absolute Gasteiger partial charge is 0.264 e. The number of amides is 2. The Kier molecular flexibility index (Phi) is 11.1. The van der Waals surface area contributed by atoms with Gasteiger partial charge in [-0.05, 0) is 60.4 Å². The van der Waals surface area contributed by atoms with Crippen LogP contribution in [0.2, 0.25) is 5.02 Å². The van der Waals surface area contributed by atoms with Crippen LogP contribution in [0.25, 0.3) is 0 Å². The molecule has 0 saturated heterocycles. The number of carbonyl (C=O) groups excluding carboxylic acids is 2. The molecule has 49 heavy (non-hydrogen) atoms. The van der Waals surface area contributed by atoms with Crippen LogP contribution < -0.4 is 19.1 Å². The topological polar surface area (TPSA) is 105 Å². The second-order valence-corrected chi connectivity index (χ2v) is 14.6. The highest BCUT2D eigenvalue weighted by Crippen LogP contribution is 2.36.